The number of hydrogen-bond acceptors (Lipinski definition) is 1. The monoisotopic (exact) mass is 268 g/mol. The Morgan fingerprint density at radius 2 is 1.65 bits per heavy atom. The molecule has 2 nitrogen and oxygen atoms in total. The van der Waals surface area contributed by atoms with Crippen molar-refractivity contribution < 1.29 is 10.4 Å². The molecule has 0 saturated heterocycles. The van der Waals surface area contributed by atoms with Gasteiger partial charge >= 0.3 is 0 Å². The number of rotatable bonds is 4. The molecule has 104 valence electrons. The Morgan fingerprint density at radius 1 is 1.00 bits per heavy atom. The third-order valence-electron chi connectivity index (χ3n) is 4.44. The first-order valence-corrected chi connectivity index (χ1v) is 7.44. The van der Waals surface area contributed by atoms with Gasteiger partial charge in [0.05, 0.1) is 0 Å². The highest BCUT2D eigenvalue weighted by atomic mass is 16.3. The first kappa shape index (κ1) is 13.3. The van der Waals surface area contributed by atoms with Gasteiger partial charge in [-0.15, -0.1) is 0 Å². The van der Waals surface area contributed by atoms with Gasteiger partial charge in [0.15, 0.2) is 0 Å². The zero-order chi connectivity index (χ0) is 13.8. The fraction of sp³-hybridized carbons (Fsp3) is 0.333. The molecule has 0 aromatic heterocycles. The smallest absolute Gasteiger partial charge is 0.141 e. The van der Waals surface area contributed by atoms with Crippen LogP contribution in [0.5, 0.6) is 0 Å². The Balaban J connectivity index is 1.73. The van der Waals surface area contributed by atoms with E-state index in [-0.39, 0.29) is 6.04 Å². The van der Waals surface area contributed by atoms with Gasteiger partial charge in [-0.2, -0.15) is 0 Å². The van der Waals surface area contributed by atoms with Crippen LogP contribution in [-0.4, -0.2) is 11.1 Å². The molecule has 0 radical (unpaired) electrons. The van der Waals surface area contributed by atoms with Crippen molar-refractivity contribution >= 4 is 0 Å². The molecular weight excluding hydrogens is 246 g/mol. The Hall–Kier alpha value is -1.64. The number of benzene rings is 2. The molecule has 0 unspecified atom stereocenters. The van der Waals surface area contributed by atoms with Crippen LogP contribution in [0, 0.1) is 0 Å². The van der Waals surface area contributed by atoms with Gasteiger partial charge in [0, 0.05) is 12.0 Å². The fourth-order valence-electron chi connectivity index (χ4n) is 3.31. The highest BCUT2D eigenvalue weighted by molar-refractivity contribution is 5.25. The van der Waals surface area contributed by atoms with E-state index in [1.165, 1.54) is 5.56 Å². The van der Waals surface area contributed by atoms with Crippen LogP contribution < -0.4 is 5.32 Å². The molecule has 1 aliphatic rings. The van der Waals surface area contributed by atoms with Crippen molar-refractivity contribution in [2.45, 2.75) is 37.5 Å². The van der Waals surface area contributed by atoms with Crippen LogP contribution in [0.25, 0.3) is 0 Å². The van der Waals surface area contributed by atoms with Gasteiger partial charge in [0.2, 0.25) is 0 Å². The van der Waals surface area contributed by atoms with E-state index in [9.17, 15) is 5.11 Å². The average Bonchev–Trinajstić information content (AvgIpc) is 2.89. The maximum absolute atomic E-state index is 11.1. The molecule has 2 aromatic rings. The molecule has 0 spiro atoms. The zero-order valence-electron chi connectivity index (χ0n) is 11.7. The van der Waals surface area contributed by atoms with Crippen molar-refractivity contribution in [2.24, 2.45) is 0 Å². The van der Waals surface area contributed by atoms with Crippen LogP contribution in [0.4, 0.5) is 0 Å². The Morgan fingerprint density at radius 3 is 2.35 bits per heavy atom. The number of nitrogens with two attached hydrogens (primary N) is 1. The molecule has 2 aromatic carbocycles. The van der Waals surface area contributed by atoms with Crippen molar-refractivity contribution in [2.75, 3.05) is 0 Å². The van der Waals surface area contributed by atoms with Gasteiger partial charge in [0.25, 0.3) is 0 Å². The van der Waals surface area contributed by atoms with E-state index in [0.717, 1.165) is 31.4 Å². The second-order valence-electron chi connectivity index (χ2n) is 5.71. The van der Waals surface area contributed by atoms with Gasteiger partial charge in [-0.25, -0.2) is 0 Å². The van der Waals surface area contributed by atoms with Gasteiger partial charge in [-0.05, 0) is 18.4 Å². The molecule has 1 saturated carbocycles. The minimum Gasteiger partial charge on any atom is -0.379 e. The molecule has 0 aliphatic heterocycles. The van der Waals surface area contributed by atoms with Crippen LogP contribution in [0.1, 0.15) is 30.4 Å². The van der Waals surface area contributed by atoms with Gasteiger partial charge in [-0.1, -0.05) is 60.7 Å². The van der Waals surface area contributed by atoms with Crippen molar-refractivity contribution in [1.82, 2.24) is 0 Å². The number of hydrogen-bond donors (Lipinski definition) is 2. The summed E-state index contributed by atoms with van der Waals surface area (Å²) in [6.45, 7) is 0.931. The third kappa shape index (κ3) is 2.62. The summed E-state index contributed by atoms with van der Waals surface area (Å²) in [6, 6.07) is 20.9. The summed E-state index contributed by atoms with van der Waals surface area (Å²) in [6.07, 6.45) is 3.05. The second-order valence-corrected chi connectivity index (χ2v) is 5.71. The van der Waals surface area contributed by atoms with Crippen molar-refractivity contribution in [3.8, 4) is 0 Å². The van der Waals surface area contributed by atoms with E-state index in [1.54, 1.807) is 0 Å². The summed E-state index contributed by atoms with van der Waals surface area (Å²) < 4.78 is 0. The van der Waals surface area contributed by atoms with Gasteiger partial charge in [-0.3, -0.25) is 0 Å². The lowest BCUT2D eigenvalue weighted by Gasteiger charge is -2.28. The molecule has 0 heterocycles. The first-order valence-electron chi connectivity index (χ1n) is 7.44. The minimum absolute atomic E-state index is 0.255. The topological polar surface area (TPSA) is 36.8 Å². The predicted molar refractivity (Wildman–Crippen MR) is 80.0 cm³/mol. The average molecular weight is 268 g/mol. The lowest BCUT2D eigenvalue weighted by molar-refractivity contribution is -0.717. The van der Waals surface area contributed by atoms with Gasteiger partial charge < -0.3 is 10.4 Å². The molecule has 3 rings (SSSR count). The van der Waals surface area contributed by atoms with Crippen LogP contribution in [-0.2, 0) is 12.1 Å². The largest absolute Gasteiger partial charge is 0.379 e. The van der Waals surface area contributed by atoms with Crippen molar-refractivity contribution in [3.05, 3.63) is 71.8 Å². The van der Waals surface area contributed by atoms with E-state index in [4.69, 9.17) is 0 Å². The Bertz CT molecular complexity index is 540. The molecule has 2 heteroatoms. The standard InChI is InChI=1S/C18H21NO/c20-18(16-10-5-2-6-11-16)13-7-12-17(18)19-14-15-8-3-1-4-9-15/h1-6,8-11,17,19-20H,7,12-14H2/p+1/t17-,18-/m0/s1. The quantitative estimate of drug-likeness (QED) is 0.876. The van der Waals surface area contributed by atoms with Crippen LogP contribution in [0.3, 0.4) is 0 Å². The third-order valence-corrected chi connectivity index (χ3v) is 4.44. The lowest BCUT2D eigenvalue weighted by Crippen LogP contribution is -2.91. The number of quaternary nitrogens is 1. The summed E-state index contributed by atoms with van der Waals surface area (Å²) in [5, 5.41) is 13.4. The Labute approximate surface area is 120 Å². The van der Waals surface area contributed by atoms with E-state index < -0.39 is 5.60 Å². The summed E-state index contributed by atoms with van der Waals surface area (Å²) >= 11 is 0. The highest BCUT2D eigenvalue weighted by Gasteiger charge is 2.45. The zero-order valence-corrected chi connectivity index (χ0v) is 11.7. The molecule has 20 heavy (non-hydrogen) atoms. The second kappa shape index (κ2) is 5.78. The lowest BCUT2D eigenvalue weighted by atomic mass is 9.88. The van der Waals surface area contributed by atoms with Crippen molar-refractivity contribution in [3.63, 3.8) is 0 Å². The minimum atomic E-state index is -0.671. The van der Waals surface area contributed by atoms with Crippen LogP contribution >= 0.6 is 0 Å². The first-order chi connectivity index (χ1) is 9.79. The summed E-state index contributed by atoms with van der Waals surface area (Å²) in [5.74, 6) is 0. The molecule has 1 fully saturated rings. The predicted octanol–water partition coefficient (Wildman–Crippen LogP) is 2.19. The molecule has 0 bridgehead atoms. The van der Waals surface area contributed by atoms with Crippen LogP contribution in [0.15, 0.2) is 60.7 Å². The molecular formula is C18H22NO+. The van der Waals surface area contributed by atoms with Gasteiger partial charge in [0.1, 0.15) is 18.2 Å². The summed E-state index contributed by atoms with van der Waals surface area (Å²) in [4.78, 5) is 0. The molecule has 1 aliphatic carbocycles. The molecule has 3 N–H and O–H groups in total. The van der Waals surface area contributed by atoms with Crippen LogP contribution in [0.2, 0.25) is 0 Å². The summed E-state index contributed by atoms with van der Waals surface area (Å²) in [7, 11) is 0. The number of aliphatic hydroxyl groups is 1. The van der Waals surface area contributed by atoms with E-state index in [2.05, 4.69) is 41.7 Å². The normalized spacial score (nSPS) is 25.8. The molecule has 0 amide bonds. The van der Waals surface area contributed by atoms with E-state index in [0.29, 0.717) is 0 Å². The highest BCUT2D eigenvalue weighted by Crippen LogP contribution is 2.37. The molecule has 2 atom stereocenters. The maximum atomic E-state index is 11.1. The Kier molecular flexibility index (Phi) is 3.86. The maximum Gasteiger partial charge on any atom is 0.141 e. The SMILES string of the molecule is O[C@]1(c2ccccc2)CCC[C@@H]1[NH2+]Cc1ccccc1. The van der Waals surface area contributed by atoms with E-state index in [1.807, 2.05) is 24.3 Å². The fourth-order valence-corrected chi connectivity index (χ4v) is 3.31. The van der Waals surface area contributed by atoms with E-state index >= 15 is 0 Å². The van der Waals surface area contributed by atoms with Crippen molar-refractivity contribution in [1.29, 1.82) is 0 Å². The summed E-state index contributed by atoms with van der Waals surface area (Å²) in [5.41, 5.74) is 1.71.